The molecule has 0 radical (unpaired) electrons. The molecule has 2 rings (SSSR count). The summed E-state index contributed by atoms with van der Waals surface area (Å²) in [5.41, 5.74) is 2.30. The molecule has 0 spiro atoms. The number of hydrogen-bond donors (Lipinski definition) is 0. The van der Waals surface area contributed by atoms with Gasteiger partial charge in [-0.05, 0) is 38.2 Å². The second kappa shape index (κ2) is 6.35. The van der Waals surface area contributed by atoms with Gasteiger partial charge >= 0.3 is 0 Å². The van der Waals surface area contributed by atoms with Crippen LogP contribution in [0.4, 0.5) is 4.39 Å². The van der Waals surface area contributed by atoms with Crippen LogP contribution in [0.1, 0.15) is 37.0 Å². The van der Waals surface area contributed by atoms with Gasteiger partial charge in [-0.1, -0.05) is 6.92 Å². The highest BCUT2D eigenvalue weighted by atomic mass is 35.5. The second-order valence-corrected chi connectivity index (χ2v) is 7.09. The Hall–Kier alpha value is -0.740. The van der Waals surface area contributed by atoms with Crippen molar-refractivity contribution in [2.45, 2.75) is 44.4 Å². The molecule has 0 aliphatic carbocycles. The van der Waals surface area contributed by atoms with Crippen LogP contribution in [0.25, 0.3) is 11.0 Å². The van der Waals surface area contributed by atoms with E-state index in [0.29, 0.717) is 16.3 Å². The molecule has 0 saturated heterocycles. The molecule has 0 amide bonds. The standard InChI is InChI=1S/C15H20ClFN2S/c1-9-7-14-13(8-12(9)17)18-15(11(3)16)19(14)6-5-10(2)20-4/h7-8,10-11H,5-6H2,1-4H3. The Kier molecular flexibility index (Phi) is 4.97. The number of thioether (sulfide) groups is 1. The molecule has 2 unspecified atom stereocenters. The molecule has 1 aromatic carbocycles. The van der Waals surface area contributed by atoms with Crippen molar-refractivity contribution in [1.29, 1.82) is 0 Å². The van der Waals surface area contributed by atoms with Crippen LogP contribution in [0.5, 0.6) is 0 Å². The largest absolute Gasteiger partial charge is 0.327 e. The first kappa shape index (κ1) is 15.6. The lowest BCUT2D eigenvalue weighted by Gasteiger charge is -2.13. The van der Waals surface area contributed by atoms with Crippen molar-refractivity contribution in [3.8, 4) is 0 Å². The van der Waals surface area contributed by atoms with Crippen molar-refractivity contribution >= 4 is 34.4 Å². The molecule has 110 valence electrons. The maximum Gasteiger partial charge on any atom is 0.128 e. The quantitative estimate of drug-likeness (QED) is 0.729. The number of aryl methyl sites for hydroxylation is 2. The lowest BCUT2D eigenvalue weighted by atomic mass is 10.2. The highest BCUT2D eigenvalue weighted by Crippen LogP contribution is 2.27. The number of benzene rings is 1. The van der Waals surface area contributed by atoms with Crippen molar-refractivity contribution in [3.05, 3.63) is 29.3 Å². The minimum absolute atomic E-state index is 0.185. The van der Waals surface area contributed by atoms with Gasteiger partial charge in [0, 0.05) is 17.9 Å². The molecule has 0 aliphatic heterocycles. The molecule has 1 aromatic heterocycles. The first-order valence-corrected chi connectivity index (χ1v) is 8.49. The van der Waals surface area contributed by atoms with Crippen LogP contribution < -0.4 is 0 Å². The van der Waals surface area contributed by atoms with E-state index in [2.05, 4.69) is 22.7 Å². The summed E-state index contributed by atoms with van der Waals surface area (Å²) in [6.07, 6.45) is 3.15. The fourth-order valence-electron chi connectivity index (χ4n) is 2.24. The van der Waals surface area contributed by atoms with Crippen LogP contribution in [-0.4, -0.2) is 21.1 Å². The molecule has 0 fully saturated rings. The maximum absolute atomic E-state index is 13.7. The Morgan fingerprint density at radius 3 is 2.70 bits per heavy atom. The van der Waals surface area contributed by atoms with E-state index in [9.17, 15) is 4.39 Å². The summed E-state index contributed by atoms with van der Waals surface area (Å²) in [5.74, 6) is 0.605. The molecule has 20 heavy (non-hydrogen) atoms. The van der Waals surface area contributed by atoms with Gasteiger partial charge in [-0.3, -0.25) is 0 Å². The van der Waals surface area contributed by atoms with E-state index in [1.165, 1.54) is 6.07 Å². The van der Waals surface area contributed by atoms with Crippen molar-refractivity contribution in [2.75, 3.05) is 6.26 Å². The van der Waals surface area contributed by atoms with Gasteiger partial charge in [0.15, 0.2) is 0 Å². The van der Waals surface area contributed by atoms with E-state index in [4.69, 9.17) is 11.6 Å². The van der Waals surface area contributed by atoms with Gasteiger partial charge in [-0.2, -0.15) is 11.8 Å². The van der Waals surface area contributed by atoms with Crippen molar-refractivity contribution < 1.29 is 4.39 Å². The highest BCUT2D eigenvalue weighted by molar-refractivity contribution is 7.99. The van der Waals surface area contributed by atoms with Crippen LogP contribution in [0.2, 0.25) is 0 Å². The fraction of sp³-hybridized carbons (Fsp3) is 0.533. The summed E-state index contributed by atoms with van der Waals surface area (Å²) in [4.78, 5) is 4.50. The Balaban J connectivity index is 2.47. The van der Waals surface area contributed by atoms with Crippen LogP contribution in [0.15, 0.2) is 12.1 Å². The lowest BCUT2D eigenvalue weighted by molar-refractivity contribution is 0.617. The third kappa shape index (κ3) is 3.12. The second-order valence-electron chi connectivity index (χ2n) is 5.16. The van der Waals surface area contributed by atoms with Gasteiger partial charge < -0.3 is 4.57 Å². The van der Waals surface area contributed by atoms with Gasteiger partial charge in [-0.15, -0.1) is 11.6 Å². The zero-order valence-electron chi connectivity index (χ0n) is 12.3. The van der Waals surface area contributed by atoms with Crippen LogP contribution in [0, 0.1) is 12.7 Å². The first-order chi connectivity index (χ1) is 9.43. The summed E-state index contributed by atoms with van der Waals surface area (Å²) >= 11 is 8.07. The summed E-state index contributed by atoms with van der Waals surface area (Å²) in [6, 6.07) is 3.37. The minimum atomic E-state index is -0.214. The van der Waals surface area contributed by atoms with Crippen LogP contribution >= 0.6 is 23.4 Å². The first-order valence-electron chi connectivity index (χ1n) is 6.77. The monoisotopic (exact) mass is 314 g/mol. The van der Waals surface area contributed by atoms with E-state index in [1.54, 1.807) is 6.92 Å². The summed E-state index contributed by atoms with van der Waals surface area (Å²) in [6.45, 7) is 6.75. The van der Waals surface area contributed by atoms with Gasteiger partial charge in [0.1, 0.15) is 11.6 Å². The Labute approximate surface area is 128 Å². The minimum Gasteiger partial charge on any atom is -0.327 e. The zero-order valence-corrected chi connectivity index (χ0v) is 13.9. The molecule has 0 bridgehead atoms. The third-order valence-electron chi connectivity index (χ3n) is 3.58. The molecule has 0 N–H and O–H groups in total. The summed E-state index contributed by atoms with van der Waals surface area (Å²) in [7, 11) is 0. The normalized spacial score (nSPS) is 14.7. The van der Waals surface area contributed by atoms with Crippen molar-refractivity contribution in [2.24, 2.45) is 0 Å². The highest BCUT2D eigenvalue weighted by Gasteiger charge is 2.16. The van der Waals surface area contributed by atoms with Crippen LogP contribution in [0.3, 0.4) is 0 Å². The van der Waals surface area contributed by atoms with E-state index in [0.717, 1.165) is 24.3 Å². The van der Waals surface area contributed by atoms with E-state index in [-0.39, 0.29) is 11.2 Å². The number of alkyl halides is 1. The number of imidazole rings is 1. The van der Waals surface area contributed by atoms with Crippen molar-refractivity contribution in [1.82, 2.24) is 9.55 Å². The number of halogens is 2. The van der Waals surface area contributed by atoms with Gasteiger partial charge in [0.2, 0.25) is 0 Å². The topological polar surface area (TPSA) is 17.8 Å². The van der Waals surface area contributed by atoms with Gasteiger partial charge in [0.05, 0.1) is 16.4 Å². The molecule has 0 saturated carbocycles. The van der Waals surface area contributed by atoms with E-state index >= 15 is 0 Å². The number of fused-ring (bicyclic) bond motifs is 1. The Bertz CT molecular complexity index is 609. The average molecular weight is 315 g/mol. The zero-order chi connectivity index (χ0) is 14.9. The van der Waals surface area contributed by atoms with Crippen LogP contribution in [-0.2, 0) is 6.54 Å². The van der Waals surface area contributed by atoms with Gasteiger partial charge in [0.25, 0.3) is 0 Å². The average Bonchev–Trinajstić information content (AvgIpc) is 2.74. The Morgan fingerprint density at radius 2 is 2.10 bits per heavy atom. The van der Waals surface area contributed by atoms with Crippen molar-refractivity contribution in [3.63, 3.8) is 0 Å². The molecular formula is C15H20ClFN2S. The number of hydrogen-bond acceptors (Lipinski definition) is 2. The summed E-state index contributed by atoms with van der Waals surface area (Å²) < 4.78 is 15.8. The maximum atomic E-state index is 13.7. The smallest absolute Gasteiger partial charge is 0.128 e. The Morgan fingerprint density at radius 1 is 1.40 bits per heavy atom. The third-order valence-corrected chi connectivity index (χ3v) is 4.81. The number of nitrogens with zero attached hydrogens (tertiary/aromatic N) is 2. The predicted molar refractivity (Wildman–Crippen MR) is 86.3 cm³/mol. The summed E-state index contributed by atoms with van der Waals surface area (Å²) in [5, 5.41) is 0.392. The molecule has 2 aromatic rings. The molecule has 5 heteroatoms. The molecule has 0 aliphatic rings. The molecule has 2 atom stereocenters. The lowest BCUT2D eigenvalue weighted by Crippen LogP contribution is -2.08. The molecule has 1 heterocycles. The SMILES string of the molecule is CSC(C)CCn1c(C(C)Cl)nc2cc(F)c(C)cc21. The molecule has 2 nitrogen and oxygen atoms in total. The number of rotatable bonds is 5. The number of aromatic nitrogens is 2. The van der Waals surface area contributed by atoms with Gasteiger partial charge in [-0.25, -0.2) is 9.37 Å². The van der Waals surface area contributed by atoms with E-state index < -0.39 is 0 Å². The van der Waals surface area contributed by atoms with E-state index in [1.807, 2.05) is 24.8 Å². The fourth-order valence-corrected chi connectivity index (χ4v) is 2.74. The molecular weight excluding hydrogens is 295 g/mol. The predicted octanol–water partition coefficient (Wildman–Crippen LogP) is 4.93.